The van der Waals surface area contributed by atoms with Gasteiger partial charge in [-0.25, -0.2) is 0 Å². The average Bonchev–Trinajstić information content (AvgIpc) is 2.03. The van der Waals surface area contributed by atoms with Gasteiger partial charge in [0.1, 0.15) is 7.28 Å². The van der Waals surface area contributed by atoms with Gasteiger partial charge in [0, 0.05) is 6.32 Å². The standard InChI is InChI=1S/C9H16BN/c1-2-3-4-5-6-7-10-8-9-11/h2-3,10H,4-8H2,1H3/b3-2+. The molecule has 0 N–H and O–H groups in total. The van der Waals surface area contributed by atoms with E-state index in [2.05, 4.69) is 25.1 Å². The Bertz CT molecular complexity index is 135. The number of nitrogens with zero attached hydrogens (tertiary/aromatic N) is 1. The third-order valence-electron chi connectivity index (χ3n) is 1.65. The zero-order chi connectivity index (χ0) is 8.36. The summed E-state index contributed by atoms with van der Waals surface area (Å²) in [5.41, 5.74) is 0. The van der Waals surface area contributed by atoms with Gasteiger partial charge >= 0.3 is 0 Å². The minimum absolute atomic E-state index is 0.726. The van der Waals surface area contributed by atoms with Crippen molar-refractivity contribution in [3.05, 3.63) is 12.2 Å². The quantitative estimate of drug-likeness (QED) is 0.323. The highest BCUT2D eigenvalue weighted by Crippen LogP contribution is 2.01. The SMILES string of the molecule is C/C=C/CCCCBCC#N. The average molecular weight is 149 g/mol. The molecule has 0 fully saturated rings. The van der Waals surface area contributed by atoms with Crippen molar-refractivity contribution in [1.82, 2.24) is 0 Å². The second-order valence-electron chi connectivity index (χ2n) is 2.68. The predicted octanol–water partition coefficient (Wildman–Crippen LogP) is 2.53. The van der Waals surface area contributed by atoms with Crippen LogP contribution in [0.1, 0.15) is 26.2 Å². The summed E-state index contributed by atoms with van der Waals surface area (Å²) < 4.78 is 0. The first kappa shape index (κ1) is 10.3. The van der Waals surface area contributed by atoms with Gasteiger partial charge in [0.2, 0.25) is 0 Å². The lowest BCUT2D eigenvalue weighted by molar-refractivity contribution is 0.809. The van der Waals surface area contributed by atoms with Gasteiger partial charge in [-0.15, -0.1) is 0 Å². The van der Waals surface area contributed by atoms with Crippen LogP contribution in [0.3, 0.4) is 0 Å². The first-order valence-corrected chi connectivity index (χ1v) is 4.40. The first-order chi connectivity index (χ1) is 5.41. The molecule has 1 nitrogen and oxygen atoms in total. The van der Waals surface area contributed by atoms with Crippen LogP contribution in [0.4, 0.5) is 0 Å². The molecule has 0 aliphatic carbocycles. The number of hydrogen-bond acceptors (Lipinski definition) is 1. The van der Waals surface area contributed by atoms with Crippen molar-refractivity contribution in [2.24, 2.45) is 0 Å². The molecule has 0 rings (SSSR count). The maximum atomic E-state index is 8.25. The molecule has 0 aromatic carbocycles. The number of allylic oxidation sites excluding steroid dienone is 2. The Morgan fingerprint density at radius 3 is 2.91 bits per heavy atom. The second-order valence-corrected chi connectivity index (χ2v) is 2.68. The van der Waals surface area contributed by atoms with E-state index in [-0.39, 0.29) is 0 Å². The second kappa shape index (κ2) is 9.29. The van der Waals surface area contributed by atoms with Crippen molar-refractivity contribution in [1.29, 1.82) is 5.26 Å². The van der Waals surface area contributed by atoms with Crippen molar-refractivity contribution < 1.29 is 0 Å². The van der Waals surface area contributed by atoms with Gasteiger partial charge in [-0.1, -0.05) is 31.3 Å². The molecule has 0 bridgehead atoms. The minimum atomic E-state index is 0.726. The van der Waals surface area contributed by atoms with E-state index < -0.39 is 0 Å². The van der Waals surface area contributed by atoms with Crippen LogP contribution in [0.25, 0.3) is 0 Å². The fourth-order valence-corrected chi connectivity index (χ4v) is 0.986. The Labute approximate surface area is 70.3 Å². The summed E-state index contributed by atoms with van der Waals surface area (Å²) in [6.45, 7) is 2.05. The summed E-state index contributed by atoms with van der Waals surface area (Å²) in [7, 11) is 1.08. The Hall–Kier alpha value is -0.705. The van der Waals surface area contributed by atoms with Gasteiger partial charge < -0.3 is 0 Å². The molecule has 0 unspecified atom stereocenters. The normalized spacial score (nSPS) is 9.82. The van der Waals surface area contributed by atoms with E-state index in [0.29, 0.717) is 0 Å². The maximum Gasteiger partial charge on any atom is 0.138 e. The maximum absolute atomic E-state index is 8.25. The number of nitriles is 1. The molecule has 0 atom stereocenters. The molecule has 0 amide bonds. The molecule has 0 aromatic rings. The lowest BCUT2D eigenvalue weighted by atomic mass is 9.70. The molecule has 0 spiro atoms. The number of rotatable bonds is 6. The molecule has 2 heteroatoms. The van der Waals surface area contributed by atoms with Crippen molar-refractivity contribution in [3.8, 4) is 6.07 Å². The van der Waals surface area contributed by atoms with Crippen LogP contribution >= 0.6 is 0 Å². The summed E-state index contributed by atoms with van der Waals surface area (Å²) >= 11 is 0. The minimum Gasteiger partial charge on any atom is -0.199 e. The van der Waals surface area contributed by atoms with Crippen molar-refractivity contribution in [2.75, 3.05) is 0 Å². The highest BCUT2D eigenvalue weighted by atomic mass is 14.2. The Morgan fingerprint density at radius 2 is 2.27 bits per heavy atom. The van der Waals surface area contributed by atoms with Gasteiger partial charge in [-0.3, -0.25) is 0 Å². The van der Waals surface area contributed by atoms with E-state index in [9.17, 15) is 0 Å². The highest BCUT2D eigenvalue weighted by molar-refractivity contribution is 6.36. The van der Waals surface area contributed by atoms with Crippen LogP contribution in [0.2, 0.25) is 12.6 Å². The summed E-state index contributed by atoms with van der Waals surface area (Å²) in [5.74, 6) is 0. The van der Waals surface area contributed by atoms with E-state index in [1.54, 1.807) is 0 Å². The predicted molar refractivity (Wildman–Crippen MR) is 51.0 cm³/mol. The lowest BCUT2D eigenvalue weighted by Gasteiger charge is -1.92. The molecule has 0 saturated heterocycles. The van der Waals surface area contributed by atoms with Gasteiger partial charge in [0.05, 0.1) is 6.07 Å². The van der Waals surface area contributed by atoms with E-state index >= 15 is 0 Å². The van der Waals surface area contributed by atoms with Crippen LogP contribution in [0, 0.1) is 11.3 Å². The summed E-state index contributed by atoms with van der Waals surface area (Å²) in [4.78, 5) is 0. The van der Waals surface area contributed by atoms with Gasteiger partial charge in [-0.2, -0.15) is 5.26 Å². The van der Waals surface area contributed by atoms with Crippen molar-refractivity contribution >= 4 is 7.28 Å². The third kappa shape index (κ3) is 9.29. The Morgan fingerprint density at radius 1 is 1.45 bits per heavy atom. The van der Waals surface area contributed by atoms with Gasteiger partial charge in [0.25, 0.3) is 0 Å². The summed E-state index contributed by atoms with van der Waals surface area (Å²) in [5, 5.41) is 8.25. The van der Waals surface area contributed by atoms with Gasteiger partial charge in [-0.05, 0) is 13.3 Å². The molecule has 0 saturated carbocycles. The van der Waals surface area contributed by atoms with Gasteiger partial charge in [0.15, 0.2) is 0 Å². The molecular formula is C9H16BN. The largest absolute Gasteiger partial charge is 0.199 e. The highest BCUT2D eigenvalue weighted by Gasteiger charge is 1.89. The number of unbranched alkanes of at least 4 members (excludes halogenated alkanes) is 2. The van der Waals surface area contributed by atoms with Crippen LogP contribution in [0.15, 0.2) is 12.2 Å². The van der Waals surface area contributed by atoms with Crippen LogP contribution in [0.5, 0.6) is 0 Å². The first-order valence-electron chi connectivity index (χ1n) is 4.40. The van der Waals surface area contributed by atoms with E-state index in [4.69, 9.17) is 5.26 Å². The molecular weight excluding hydrogens is 133 g/mol. The summed E-state index contributed by atoms with van der Waals surface area (Å²) in [6, 6.07) is 2.16. The zero-order valence-corrected chi connectivity index (χ0v) is 7.34. The van der Waals surface area contributed by atoms with Crippen molar-refractivity contribution in [2.45, 2.75) is 38.8 Å². The monoisotopic (exact) mass is 149 g/mol. The van der Waals surface area contributed by atoms with Crippen LogP contribution in [-0.2, 0) is 0 Å². The fraction of sp³-hybridized carbons (Fsp3) is 0.667. The molecule has 11 heavy (non-hydrogen) atoms. The summed E-state index contributed by atoms with van der Waals surface area (Å²) in [6.07, 6.45) is 9.97. The van der Waals surface area contributed by atoms with E-state index in [1.165, 1.54) is 25.6 Å². The van der Waals surface area contributed by atoms with Crippen LogP contribution < -0.4 is 0 Å². The fourth-order valence-electron chi connectivity index (χ4n) is 0.986. The molecule has 0 aliphatic heterocycles. The van der Waals surface area contributed by atoms with E-state index in [0.717, 1.165) is 13.6 Å². The molecule has 60 valence electrons. The van der Waals surface area contributed by atoms with Crippen molar-refractivity contribution in [3.63, 3.8) is 0 Å². The molecule has 0 heterocycles. The van der Waals surface area contributed by atoms with E-state index in [1.807, 2.05) is 0 Å². The lowest BCUT2D eigenvalue weighted by Crippen LogP contribution is -1.86. The van der Waals surface area contributed by atoms with Crippen LogP contribution in [-0.4, -0.2) is 7.28 Å². The molecule has 0 radical (unpaired) electrons. The topological polar surface area (TPSA) is 23.8 Å². The third-order valence-corrected chi connectivity index (χ3v) is 1.65. The smallest absolute Gasteiger partial charge is 0.138 e. The Kier molecular flexibility index (Phi) is 8.70. The zero-order valence-electron chi connectivity index (χ0n) is 7.34. The molecule has 0 aromatic heterocycles. The Balaban J connectivity index is 2.86. The number of hydrogen-bond donors (Lipinski definition) is 0. The molecule has 0 aliphatic rings.